The van der Waals surface area contributed by atoms with E-state index in [0.717, 1.165) is 0 Å². The molecule has 0 aromatic rings. The lowest BCUT2D eigenvalue weighted by molar-refractivity contribution is -0.173. The number of alkyl halides is 6. The van der Waals surface area contributed by atoms with Gasteiger partial charge in [0.25, 0.3) is 0 Å². The molecule has 0 spiro atoms. The summed E-state index contributed by atoms with van der Waals surface area (Å²) in [7, 11) is -2.45. The molecule has 1 unspecified atom stereocenters. The molecule has 0 rings (SSSR count). The van der Waals surface area contributed by atoms with Gasteiger partial charge in [-0.25, -0.2) is 0 Å². The Kier molecular flexibility index (Phi) is 11.6. The third-order valence-corrected chi connectivity index (χ3v) is 3.66. The van der Waals surface area contributed by atoms with Gasteiger partial charge in [0.05, 0.1) is 0 Å². The Bertz CT molecular complexity index is 429. The number of unbranched alkanes of at least 4 members (excludes halogenated alkanes) is 3. The standard InChI is InChI=1S/C13H18F6NO5P/c14-12(15,16)10(21)6-2-1-4-8-24-26(23)25-9-5-3-7-20-11(22)13(17,18)19/h1-9H2/p+1. The Hall–Kier alpha value is -1.26. The van der Waals surface area contributed by atoms with E-state index in [-0.39, 0.29) is 45.4 Å². The maximum absolute atomic E-state index is 11.9. The smallest absolute Gasteiger partial charge is 0.348 e. The first-order valence-electron chi connectivity index (χ1n) is 7.62. The predicted molar refractivity (Wildman–Crippen MR) is 77.3 cm³/mol. The van der Waals surface area contributed by atoms with E-state index in [1.807, 2.05) is 0 Å². The average molecular weight is 414 g/mol. The van der Waals surface area contributed by atoms with Crippen molar-refractivity contribution in [2.45, 2.75) is 50.9 Å². The van der Waals surface area contributed by atoms with Crippen molar-refractivity contribution in [2.24, 2.45) is 0 Å². The second-order valence-electron chi connectivity index (χ2n) is 5.08. The van der Waals surface area contributed by atoms with Crippen molar-refractivity contribution < 1.29 is 49.5 Å². The van der Waals surface area contributed by atoms with Gasteiger partial charge in [0, 0.05) is 17.5 Å². The minimum Gasteiger partial charge on any atom is -0.348 e. The molecule has 0 aliphatic carbocycles. The van der Waals surface area contributed by atoms with Crippen molar-refractivity contribution in [3.8, 4) is 0 Å². The van der Waals surface area contributed by atoms with Crippen molar-refractivity contribution in [1.29, 1.82) is 0 Å². The minimum absolute atomic E-state index is 0.0307. The van der Waals surface area contributed by atoms with Gasteiger partial charge in [-0.3, -0.25) is 9.59 Å². The van der Waals surface area contributed by atoms with Crippen LogP contribution in [0.5, 0.6) is 0 Å². The topological polar surface area (TPSA) is 81.7 Å². The molecule has 1 atom stereocenters. The molecular weight excluding hydrogens is 395 g/mol. The lowest BCUT2D eigenvalue weighted by atomic mass is 10.1. The third kappa shape index (κ3) is 13.0. The Morgan fingerprint density at radius 1 is 0.808 bits per heavy atom. The summed E-state index contributed by atoms with van der Waals surface area (Å²) in [5, 5.41) is 1.66. The first-order valence-corrected chi connectivity index (χ1v) is 8.72. The molecule has 0 saturated carbocycles. The summed E-state index contributed by atoms with van der Waals surface area (Å²) in [6.07, 6.45) is -9.36. The van der Waals surface area contributed by atoms with E-state index in [4.69, 9.17) is 9.05 Å². The van der Waals surface area contributed by atoms with Crippen LogP contribution in [0.3, 0.4) is 0 Å². The first kappa shape index (κ1) is 24.7. The molecule has 0 aromatic carbocycles. The van der Waals surface area contributed by atoms with Gasteiger partial charge < -0.3 is 5.32 Å². The van der Waals surface area contributed by atoms with E-state index in [1.54, 1.807) is 5.32 Å². The largest absolute Gasteiger partial charge is 0.697 e. The number of amides is 1. The van der Waals surface area contributed by atoms with Gasteiger partial charge in [-0.2, -0.15) is 26.3 Å². The second kappa shape index (κ2) is 12.2. The molecule has 1 N–H and O–H groups in total. The molecule has 0 heterocycles. The maximum atomic E-state index is 11.9. The Morgan fingerprint density at radius 3 is 1.85 bits per heavy atom. The zero-order valence-electron chi connectivity index (χ0n) is 13.6. The lowest BCUT2D eigenvalue weighted by Crippen LogP contribution is -2.37. The summed E-state index contributed by atoms with van der Waals surface area (Å²) < 4.78 is 92.1. The van der Waals surface area contributed by atoms with E-state index in [2.05, 4.69) is 0 Å². The molecule has 13 heteroatoms. The lowest BCUT2D eigenvalue weighted by Gasteiger charge is -2.06. The Morgan fingerprint density at radius 2 is 1.35 bits per heavy atom. The van der Waals surface area contributed by atoms with E-state index in [9.17, 15) is 40.5 Å². The fraction of sp³-hybridized carbons (Fsp3) is 0.846. The summed E-state index contributed by atoms with van der Waals surface area (Å²) in [5.41, 5.74) is 0. The molecular formula is C13H19F6NO5P+. The molecule has 6 nitrogen and oxygen atoms in total. The van der Waals surface area contributed by atoms with Gasteiger partial charge in [-0.1, -0.05) is 6.42 Å². The van der Waals surface area contributed by atoms with Crippen molar-refractivity contribution >= 4 is 19.9 Å². The summed E-state index contributed by atoms with van der Waals surface area (Å²) >= 11 is 0. The number of halogens is 6. The van der Waals surface area contributed by atoms with Gasteiger partial charge >= 0.3 is 26.5 Å². The second-order valence-corrected chi connectivity index (χ2v) is 6.05. The number of ketones is 1. The number of hydrogen-bond acceptors (Lipinski definition) is 5. The molecule has 0 aliphatic rings. The average Bonchev–Trinajstić information content (AvgIpc) is 2.51. The van der Waals surface area contributed by atoms with E-state index in [1.165, 1.54) is 0 Å². The van der Waals surface area contributed by atoms with Crippen LogP contribution in [-0.4, -0.2) is 43.8 Å². The van der Waals surface area contributed by atoms with Crippen LogP contribution < -0.4 is 5.32 Å². The van der Waals surface area contributed by atoms with Crippen LogP contribution in [0, 0.1) is 0 Å². The van der Waals surface area contributed by atoms with Crippen molar-refractivity contribution in [3.05, 3.63) is 0 Å². The highest BCUT2D eigenvalue weighted by atomic mass is 31.1. The van der Waals surface area contributed by atoms with Crippen LogP contribution in [0.4, 0.5) is 26.3 Å². The van der Waals surface area contributed by atoms with Crippen LogP contribution >= 0.6 is 8.25 Å². The summed E-state index contributed by atoms with van der Waals surface area (Å²) in [6, 6.07) is 0. The summed E-state index contributed by atoms with van der Waals surface area (Å²) in [5.74, 6) is -3.83. The predicted octanol–water partition coefficient (Wildman–Crippen LogP) is 3.83. The first-order chi connectivity index (χ1) is 11.9. The molecule has 0 bridgehead atoms. The highest BCUT2D eigenvalue weighted by Gasteiger charge is 2.38. The minimum atomic E-state index is -4.94. The molecule has 0 aromatic heterocycles. The van der Waals surface area contributed by atoms with Crippen LogP contribution in [0.25, 0.3) is 0 Å². The van der Waals surface area contributed by atoms with Gasteiger partial charge in [0.15, 0.2) is 0 Å². The number of carbonyl (C=O) groups excluding carboxylic acids is 2. The molecule has 1 amide bonds. The molecule has 0 aliphatic heterocycles. The zero-order valence-corrected chi connectivity index (χ0v) is 14.5. The van der Waals surface area contributed by atoms with Gasteiger partial charge in [-0.05, 0) is 25.7 Å². The number of carbonyl (C=O) groups is 2. The maximum Gasteiger partial charge on any atom is 0.697 e. The Balaban J connectivity index is 3.51. The summed E-state index contributed by atoms with van der Waals surface area (Å²) in [6.45, 7) is -0.301. The molecule has 26 heavy (non-hydrogen) atoms. The fourth-order valence-electron chi connectivity index (χ4n) is 1.55. The number of rotatable bonds is 13. The van der Waals surface area contributed by atoms with E-state index < -0.39 is 38.7 Å². The van der Waals surface area contributed by atoms with Crippen molar-refractivity contribution in [2.75, 3.05) is 19.8 Å². The number of nitrogens with one attached hydrogen (secondary N) is 1. The molecule has 152 valence electrons. The van der Waals surface area contributed by atoms with Gasteiger partial charge in [-0.15, -0.1) is 9.05 Å². The van der Waals surface area contributed by atoms with Crippen LogP contribution in [0.15, 0.2) is 0 Å². The number of hydrogen-bond donors (Lipinski definition) is 1. The Labute approximate surface area is 146 Å². The monoisotopic (exact) mass is 414 g/mol. The van der Waals surface area contributed by atoms with Gasteiger partial charge in [0.1, 0.15) is 13.2 Å². The third-order valence-electron chi connectivity index (χ3n) is 2.87. The van der Waals surface area contributed by atoms with Gasteiger partial charge in [0.2, 0.25) is 5.78 Å². The number of Topliss-reactive ketones (excluding diaryl/α,β-unsaturated/α-hetero) is 1. The SMILES string of the molecule is O=C(CCCCCO[P+](=O)OCCCCNC(=O)C(F)(F)F)C(F)(F)F. The fourth-order valence-corrected chi connectivity index (χ4v) is 2.18. The summed E-state index contributed by atoms with van der Waals surface area (Å²) in [4.78, 5) is 21.1. The quantitative estimate of drug-likeness (QED) is 0.282. The molecule has 0 fully saturated rings. The zero-order chi connectivity index (χ0) is 20.2. The van der Waals surface area contributed by atoms with Crippen LogP contribution in [0.2, 0.25) is 0 Å². The molecule has 0 radical (unpaired) electrons. The van der Waals surface area contributed by atoms with Crippen LogP contribution in [0.1, 0.15) is 38.5 Å². The van der Waals surface area contributed by atoms with Crippen LogP contribution in [-0.2, 0) is 23.2 Å². The van der Waals surface area contributed by atoms with Crippen molar-refractivity contribution in [3.63, 3.8) is 0 Å². The highest BCUT2D eigenvalue weighted by molar-refractivity contribution is 7.33. The normalized spacial score (nSPS) is 12.8. The van der Waals surface area contributed by atoms with E-state index >= 15 is 0 Å². The van der Waals surface area contributed by atoms with Crippen molar-refractivity contribution in [1.82, 2.24) is 5.32 Å². The van der Waals surface area contributed by atoms with E-state index in [0.29, 0.717) is 6.42 Å². The highest BCUT2D eigenvalue weighted by Crippen LogP contribution is 2.25. The molecule has 0 saturated heterocycles.